The first kappa shape index (κ1) is 26.3. The lowest BCUT2D eigenvalue weighted by atomic mass is 10.1. The van der Waals surface area contributed by atoms with Crippen LogP contribution in [0.3, 0.4) is 0 Å². The highest BCUT2D eigenvalue weighted by Crippen LogP contribution is 2.53. The first-order valence-electron chi connectivity index (χ1n) is 13.7. The Kier molecular flexibility index (Phi) is 7.90. The molecule has 0 spiro atoms. The minimum Gasteiger partial charge on any atom is -0.173 e. The first-order valence-corrected chi connectivity index (χ1v) is 16.4. The maximum Gasteiger partial charge on any atom is -0.00390 e. The summed E-state index contributed by atoms with van der Waals surface area (Å²) in [6.45, 7) is 4.31. The second-order valence-electron chi connectivity index (χ2n) is 10.1. The van der Waals surface area contributed by atoms with E-state index in [0.29, 0.717) is 0 Å². The van der Waals surface area contributed by atoms with Crippen LogP contribution in [0.5, 0.6) is 0 Å². The molecule has 0 bridgehead atoms. The van der Waals surface area contributed by atoms with E-state index in [1.165, 1.54) is 51.6 Å². The normalized spacial score (nSPS) is 13.4. The number of rotatable bonds is 7. The summed E-state index contributed by atoms with van der Waals surface area (Å²) in [6, 6.07) is 58.4. The summed E-state index contributed by atoms with van der Waals surface area (Å²) in [5.74, 6) is 0. The topological polar surface area (TPSA) is 0 Å². The molecular formula is C38H34S2. The van der Waals surface area contributed by atoms with E-state index in [9.17, 15) is 0 Å². The second-order valence-corrected chi connectivity index (χ2v) is 14.6. The number of aryl methyl sites for hydroxylation is 2. The molecule has 0 saturated heterocycles. The van der Waals surface area contributed by atoms with Crippen LogP contribution in [0.1, 0.15) is 11.1 Å². The number of benzene rings is 6. The van der Waals surface area contributed by atoms with Gasteiger partial charge in [0, 0.05) is 0 Å². The molecule has 40 heavy (non-hydrogen) atoms. The lowest BCUT2D eigenvalue weighted by molar-refractivity contribution is 1.30. The van der Waals surface area contributed by atoms with Gasteiger partial charge in [-0.15, -0.1) is 0 Å². The number of hydrogen-bond donors (Lipinski definition) is 2. The van der Waals surface area contributed by atoms with Gasteiger partial charge in [0.05, 0.1) is 0 Å². The highest BCUT2D eigenvalue weighted by atomic mass is 32.2. The van der Waals surface area contributed by atoms with Crippen molar-refractivity contribution in [2.24, 2.45) is 0 Å². The maximum absolute atomic E-state index is 2.41. The van der Waals surface area contributed by atoms with Crippen LogP contribution in [0.15, 0.2) is 187 Å². The molecule has 2 atom stereocenters. The fraction of sp³-hybridized carbons (Fsp3) is 0.0526. The largest absolute Gasteiger partial charge is 0.173 e. The Morgan fingerprint density at radius 3 is 1.00 bits per heavy atom. The molecule has 0 saturated carbocycles. The van der Waals surface area contributed by atoms with Crippen LogP contribution < -0.4 is 0 Å². The standard InChI is InChI=1S/C38H34S2/c1-29-19-23-35(24-20-29)39(33-13-5-3-6-14-33)37-17-9-11-31(27-37)32-12-10-18-38(28-32)40(34-15-7-4-8-16-34)36-25-21-30(2)22-26-36/h3-28,39-40H,1-2H3. The van der Waals surface area contributed by atoms with Crippen LogP contribution in [-0.4, -0.2) is 0 Å². The molecule has 0 aliphatic heterocycles. The molecule has 0 aromatic heterocycles. The van der Waals surface area contributed by atoms with Gasteiger partial charge in [0.15, 0.2) is 0 Å². The van der Waals surface area contributed by atoms with Crippen molar-refractivity contribution in [3.63, 3.8) is 0 Å². The number of thiol groups is 2. The molecule has 0 nitrogen and oxygen atoms in total. The third kappa shape index (κ3) is 5.79. The fourth-order valence-corrected chi connectivity index (χ4v) is 9.72. The van der Waals surface area contributed by atoms with Gasteiger partial charge in [0.1, 0.15) is 0 Å². The lowest BCUT2D eigenvalue weighted by Gasteiger charge is -2.25. The molecule has 0 fully saturated rings. The molecule has 0 aliphatic rings. The SMILES string of the molecule is Cc1ccc([SH](c2ccccc2)c2cccc(-c3cccc([SH](c4ccccc4)c4ccc(C)cc4)c3)c2)cc1. The summed E-state index contributed by atoms with van der Waals surface area (Å²) in [6.07, 6.45) is 0. The van der Waals surface area contributed by atoms with Gasteiger partial charge in [-0.05, 0) is 127 Å². The van der Waals surface area contributed by atoms with E-state index in [1.807, 2.05) is 0 Å². The molecule has 2 unspecified atom stereocenters. The molecular weight excluding hydrogens is 521 g/mol. The van der Waals surface area contributed by atoms with Gasteiger partial charge in [-0.25, -0.2) is 0 Å². The van der Waals surface area contributed by atoms with Gasteiger partial charge in [-0.1, -0.05) is 96.1 Å². The average Bonchev–Trinajstić information content (AvgIpc) is 3.01. The van der Waals surface area contributed by atoms with E-state index in [1.54, 1.807) is 0 Å². The van der Waals surface area contributed by atoms with Crippen LogP contribution in [0.4, 0.5) is 0 Å². The average molecular weight is 555 g/mol. The van der Waals surface area contributed by atoms with Gasteiger partial charge in [0.25, 0.3) is 0 Å². The van der Waals surface area contributed by atoms with Crippen LogP contribution in [0.2, 0.25) is 0 Å². The Balaban J connectivity index is 1.43. The zero-order valence-corrected chi connectivity index (χ0v) is 24.7. The van der Waals surface area contributed by atoms with Crippen molar-refractivity contribution in [3.8, 4) is 11.1 Å². The van der Waals surface area contributed by atoms with Crippen LogP contribution in [0.25, 0.3) is 11.1 Å². The Hall–Kier alpha value is -3.98. The molecule has 2 heteroatoms. The van der Waals surface area contributed by atoms with Crippen LogP contribution >= 0.6 is 21.8 Å². The first-order chi connectivity index (χ1) is 19.7. The van der Waals surface area contributed by atoms with Crippen molar-refractivity contribution >= 4 is 21.8 Å². The Bertz CT molecular complexity index is 1560. The Morgan fingerprint density at radius 1 is 0.300 bits per heavy atom. The lowest BCUT2D eigenvalue weighted by Crippen LogP contribution is -1.91. The monoisotopic (exact) mass is 554 g/mol. The van der Waals surface area contributed by atoms with Crippen LogP contribution in [-0.2, 0) is 0 Å². The zero-order valence-electron chi connectivity index (χ0n) is 22.9. The van der Waals surface area contributed by atoms with E-state index in [0.717, 1.165) is 0 Å². The van der Waals surface area contributed by atoms with Crippen molar-refractivity contribution in [1.82, 2.24) is 0 Å². The summed E-state index contributed by atoms with van der Waals surface area (Å²) in [5, 5.41) is 0. The van der Waals surface area contributed by atoms with Crippen LogP contribution in [0, 0.1) is 13.8 Å². The van der Waals surface area contributed by atoms with Gasteiger partial charge < -0.3 is 0 Å². The Labute approximate surface area is 244 Å². The molecule has 6 aromatic carbocycles. The van der Waals surface area contributed by atoms with Gasteiger partial charge in [-0.3, -0.25) is 0 Å². The maximum atomic E-state index is 2.41. The van der Waals surface area contributed by atoms with E-state index in [4.69, 9.17) is 0 Å². The second kappa shape index (κ2) is 12.0. The molecule has 0 aliphatic carbocycles. The summed E-state index contributed by atoms with van der Waals surface area (Å²) < 4.78 is 0. The molecule has 198 valence electrons. The molecule has 0 N–H and O–H groups in total. The highest BCUT2D eigenvalue weighted by molar-refractivity contribution is 8.17. The predicted octanol–water partition coefficient (Wildman–Crippen LogP) is 10.9. The summed E-state index contributed by atoms with van der Waals surface area (Å²) in [4.78, 5) is 8.25. The van der Waals surface area contributed by atoms with Crippen molar-refractivity contribution < 1.29 is 0 Å². The smallest absolute Gasteiger partial charge is 0.00390 e. The molecule has 0 radical (unpaired) electrons. The van der Waals surface area contributed by atoms with Crippen molar-refractivity contribution in [3.05, 3.63) is 169 Å². The van der Waals surface area contributed by atoms with E-state index in [2.05, 4.69) is 172 Å². The van der Waals surface area contributed by atoms with Gasteiger partial charge in [-0.2, -0.15) is 21.8 Å². The molecule has 0 amide bonds. The third-order valence-corrected chi connectivity index (χ3v) is 12.0. The highest BCUT2D eigenvalue weighted by Gasteiger charge is 2.16. The third-order valence-electron chi connectivity index (χ3n) is 7.16. The van der Waals surface area contributed by atoms with Crippen molar-refractivity contribution in [1.29, 1.82) is 0 Å². The van der Waals surface area contributed by atoms with Gasteiger partial charge in [0.2, 0.25) is 0 Å². The minimum absolute atomic E-state index is 0.656. The quantitative estimate of drug-likeness (QED) is 0.180. The minimum atomic E-state index is -0.656. The Morgan fingerprint density at radius 2 is 0.625 bits per heavy atom. The molecule has 0 heterocycles. The van der Waals surface area contributed by atoms with Crippen molar-refractivity contribution in [2.75, 3.05) is 0 Å². The molecule has 6 rings (SSSR count). The zero-order chi connectivity index (χ0) is 27.3. The van der Waals surface area contributed by atoms with E-state index in [-0.39, 0.29) is 0 Å². The van der Waals surface area contributed by atoms with Crippen molar-refractivity contribution in [2.45, 2.75) is 43.2 Å². The summed E-state index contributed by atoms with van der Waals surface area (Å²) in [5.41, 5.74) is 5.12. The fourth-order valence-electron chi connectivity index (χ4n) is 5.09. The predicted molar refractivity (Wildman–Crippen MR) is 175 cm³/mol. The van der Waals surface area contributed by atoms with E-state index < -0.39 is 21.8 Å². The molecule has 6 aromatic rings. The number of hydrogen-bond acceptors (Lipinski definition) is 0. The summed E-state index contributed by atoms with van der Waals surface area (Å²) >= 11 is 0. The summed E-state index contributed by atoms with van der Waals surface area (Å²) in [7, 11) is -1.31. The van der Waals surface area contributed by atoms with E-state index >= 15 is 0 Å². The van der Waals surface area contributed by atoms with Gasteiger partial charge >= 0.3 is 0 Å².